The van der Waals surface area contributed by atoms with Crippen LogP contribution in [0.1, 0.15) is 53.4 Å². The van der Waals surface area contributed by atoms with Crippen molar-refractivity contribution in [1.29, 1.82) is 0 Å². The number of anilines is 1. The van der Waals surface area contributed by atoms with E-state index in [9.17, 15) is 9.59 Å². The van der Waals surface area contributed by atoms with Gasteiger partial charge in [-0.1, -0.05) is 87.0 Å². The van der Waals surface area contributed by atoms with Gasteiger partial charge in [-0.25, -0.2) is 0 Å². The first kappa shape index (κ1) is 21.3. The van der Waals surface area contributed by atoms with E-state index in [0.717, 1.165) is 5.56 Å². The molecule has 3 aromatic carbocycles. The second-order valence-corrected chi connectivity index (χ2v) is 8.47. The van der Waals surface area contributed by atoms with Gasteiger partial charge in [-0.15, -0.1) is 0 Å². The van der Waals surface area contributed by atoms with Crippen molar-refractivity contribution >= 4 is 23.5 Å². The number of amides is 1. The van der Waals surface area contributed by atoms with Gasteiger partial charge in [0, 0.05) is 22.9 Å². The van der Waals surface area contributed by atoms with E-state index in [-0.39, 0.29) is 17.1 Å². The number of rotatable bonds is 5. The van der Waals surface area contributed by atoms with Gasteiger partial charge in [0.2, 0.25) is 5.91 Å². The monoisotopic (exact) mass is 397 g/mol. The van der Waals surface area contributed by atoms with E-state index in [1.54, 1.807) is 30.3 Å². The van der Waals surface area contributed by atoms with Gasteiger partial charge in [-0.3, -0.25) is 9.59 Å². The SMILES string of the molecule is Cc1ccc(/C=C/C(=O)Nc2cccc(C(=O)c3ccc(C(C)(C)C)cc3)c2)cc1. The van der Waals surface area contributed by atoms with Crippen LogP contribution >= 0.6 is 0 Å². The van der Waals surface area contributed by atoms with E-state index in [2.05, 4.69) is 26.1 Å². The zero-order valence-corrected chi connectivity index (χ0v) is 17.9. The summed E-state index contributed by atoms with van der Waals surface area (Å²) in [6.45, 7) is 8.45. The van der Waals surface area contributed by atoms with E-state index >= 15 is 0 Å². The maximum Gasteiger partial charge on any atom is 0.248 e. The average molecular weight is 398 g/mol. The number of carbonyl (C=O) groups is 2. The molecule has 0 spiro atoms. The van der Waals surface area contributed by atoms with E-state index < -0.39 is 0 Å². The Kier molecular flexibility index (Phi) is 6.31. The Bertz CT molecular complexity index is 1070. The minimum Gasteiger partial charge on any atom is -0.322 e. The number of ketones is 1. The second-order valence-electron chi connectivity index (χ2n) is 8.47. The largest absolute Gasteiger partial charge is 0.322 e. The summed E-state index contributed by atoms with van der Waals surface area (Å²) in [4.78, 5) is 25.1. The number of aryl methyl sites for hydroxylation is 1. The molecule has 30 heavy (non-hydrogen) atoms. The number of hydrogen-bond donors (Lipinski definition) is 1. The van der Waals surface area contributed by atoms with Gasteiger partial charge >= 0.3 is 0 Å². The molecular weight excluding hydrogens is 370 g/mol. The molecule has 0 aliphatic heterocycles. The van der Waals surface area contributed by atoms with Gasteiger partial charge in [0.25, 0.3) is 0 Å². The van der Waals surface area contributed by atoms with Gasteiger partial charge in [-0.05, 0) is 41.7 Å². The van der Waals surface area contributed by atoms with E-state index in [4.69, 9.17) is 0 Å². The van der Waals surface area contributed by atoms with Gasteiger partial charge in [0.15, 0.2) is 5.78 Å². The molecule has 0 unspecified atom stereocenters. The number of nitrogens with one attached hydrogen (secondary N) is 1. The van der Waals surface area contributed by atoms with Gasteiger partial charge in [0.1, 0.15) is 0 Å². The summed E-state index contributed by atoms with van der Waals surface area (Å²) in [7, 11) is 0. The van der Waals surface area contributed by atoms with Crippen molar-refractivity contribution in [3.63, 3.8) is 0 Å². The summed E-state index contributed by atoms with van der Waals surface area (Å²) in [6, 6.07) is 22.6. The molecule has 3 aromatic rings. The molecule has 0 aromatic heterocycles. The fourth-order valence-corrected chi connectivity index (χ4v) is 3.06. The Balaban J connectivity index is 1.70. The van der Waals surface area contributed by atoms with Crippen molar-refractivity contribution in [2.24, 2.45) is 0 Å². The Hall–Kier alpha value is -3.46. The third-order valence-electron chi connectivity index (χ3n) is 4.91. The minimum atomic E-state index is -0.241. The Morgan fingerprint density at radius 2 is 1.50 bits per heavy atom. The van der Waals surface area contributed by atoms with Crippen LogP contribution in [-0.2, 0) is 10.2 Å². The normalized spacial score (nSPS) is 11.5. The van der Waals surface area contributed by atoms with Crippen LogP contribution in [0, 0.1) is 6.92 Å². The molecule has 152 valence electrons. The van der Waals surface area contributed by atoms with Crippen molar-refractivity contribution in [2.75, 3.05) is 5.32 Å². The highest BCUT2D eigenvalue weighted by Crippen LogP contribution is 2.23. The summed E-state index contributed by atoms with van der Waals surface area (Å²) in [6.07, 6.45) is 3.25. The number of benzene rings is 3. The first-order valence-corrected chi connectivity index (χ1v) is 10.0. The summed E-state index contributed by atoms with van der Waals surface area (Å²) >= 11 is 0. The lowest BCUT2D eigenvalue weighted by Crippen LogP contribution is -2.11. The highest BCUT2D eigenvalue weighted by molar-refractivity contribution is 6.10. The zero-order chi connectivity index (χ0) is 21.7. The first-order chi connectivity index (χ1) is 14.2. The molecule has 0 aliphatic rings. The van der Waals surface area contributed by atoms with Crippen molar-refractivity contribution in [3.8, 4) is 0 Å². The maximum atomic E-state index is 12.9. The lowest BCUT2D eigenvalue weighted by atomic mass is 9.86. The van der Waals surface area contributed by atoms with Crippen molar-refractivity contribution < 1.29 is 9.59 Å². The molecule has 0 aliphatic carbocycles. The smallest absolute Gasteiger partial charge is 0.248 e. The molecule has 3 heteroatoms. The van der Waals surface area contributed by atoms with Gasteiger partial charge < -0.3 is 5.32 Å². The number of hydrogen-bond acceptors (Lipinski definition) is 2. The number of carbonyl (C=O) groups excluding carboxylic acids is 2. The molecule has 0 radical (unpaired) electrons. The molecule has 0 atom stereocenters. The predicted octanol–water partition coefficient (Wildman–Crippen LogP) is 6.18. The van der Waals surface area contributed by atoms with Crippen molar-refractivity contribution in [3.05, 3.63) is 107 Å². The quantitative estimate of drug-likeness (QED) is 0.413. The molecule has 3 nitrogen and oxygen atoms in total. The molecule has 3 rings (SSSR count). The summed E-state index contributed by atoms with van der Waals surface area (Å²) in [5, 5.41) is 2.82. The van der Waals surface area contributed by atoms with E-state index in [1.165, 1.54) is 17.2 Å². The maximum absolute atomic E-state index is 12.9. The molecule has 1 N–H and O–H groups in total. The molecule has 0 bridgehead atoms. The molecular formula is C27H27NO2. The Morgan fingerprint density at radius 3 is 2.13 bits per heavy atom. The standard InChI is InChI=1S/C27H27NO2/c1-19-8-10-20(11-9-19)12-17-25(29)28-24-7-5-6-22(18-24)26(30)21-13-15-23(16-14-21)27(2,3)4/h5-18H,1-4H3,(H,28,29)/b17-12+. The lowest BCUT2D eigenvalue weighted by molar-refractivity contribution is -0.111. The first-order valence-electron chi connectivity index (χ1n) is 10.0. The van der Waals surface area contributed by atoms with Crippen LogP contribution in [0.3, 0.4) is 0 Å². The second kappa shape index (κ2) is 8.91. The minimum absolute atomic E-state index is 0.0396. The van der Waals surface area contributed by atoms with Crippen LogP contribution in [-0.4, -0.2) is 11.7 Å². The van der Waals surface area contributed by atoms with Gasteiger partial charge in [-0.2, -0.15) is 0 Å². The molecule has 1 amide bonds. The fourth-order valence-electron chi connectivity index (χ4n) is 3.06. The van der Waals surface area contributed by atoms with Gasteiger partial charge in [0.05, 0.1) is 0 Å². The Labute approximate surface area is 178 Å². The van der Waals surface area contributed by atoms with Crippen molar-refractivity contribution in [1.82, 2.24) is 0 Å². The third-order valence-corrected chi connectivity index (χ3v) is 4.91. The zero-order valence-electron chi connectivity index (χ0n) is 17.9. The third kappa shape index (κ3) is 5.54. The summed E-state index contributed by atoms with van der Waals surface area (Å²) in [5.74, 6) is -0.309. The van der Waals surface area contributed by atoms with Crippen LogP contribution in [0.15, 0.2) is 78.9 Å². The van der Waals surface area contributed by atoms with Crippen LogP contribution < -0.4 is 5.32 Å². The fraction of sp³-hybridized carbons (Fsp3) is 0.185. The molecule has 0 saturated heterocycles. The predicted molar refractivity (Wildman–Crippen MR) is 124 cm³/mol. The van der Waals surface area contributed by atoms with E-state index in [0.29, 0.717) is 16.8 Å². The summed E-state index contributed by atoms with van der Waals surface area (Å²) < 4.78 is 0. The highest BCUT2D eigenvalue weighted by Gasteiger charge is 2.15. The summed E-state index contributed by atoms with van der Waals surface area (Å²) in [5.41, 5.74) is 5.11. The van der Waals surface area contributed by atoms with Crippen LogP contribution in [0.5, 0.6) is 0 Å². The van der Waals surface area contributed by atoms with E-state index in [1.807, 2.05) is 55.5 Å². The van der Waals surface area contributed by atoms with Crippen LogP contribution in [0.4, 0.5) is 5.69 Å². The average Bonchev–Trinajstić information content (AvgIpc) is 2.72. The highest BCUT2D eigenvalue weighted by atomic mass is 16.1. The topological polar surface area (TPSA) is 46.2 Å². The molecule has 0 saturated carbocycles. The van der Waals surface area contributed by atoms with Crippen LogP contribution in [0.2, 0.25) is 0 Å². The van der Waals surface area contributed by atoms with Crippen LogP contribution in [0.25, 0.3) is 6.08 Å². The molecule has 0 fully saturated rings. The lowest BCUT2D eigenvalue weighted by Gasteiger charge is -2.19. The van der Waals surface area contributed by atoms with Crippen molar-refractivity contribution in [2.45, 2.75) is 33.1 Å². The molecule has 0 heterocycles. The Morgan fingerprint density at radius 1 is 0.833 bits per heavy atom.